The van der Waals surface area contributed by atoms with Gasteiger partial charge >= 0.3 is 0 Å². The van der Waals surface area contributed by atoms with Gasteiger partial charge in [-0.1, -0.05) is 20.8 Å². The maximum atomic E-state index is 6.14. The summed E-state index contributed by atoms with van der Waals surface area (Å²) >= 11 is 0. The molecule has 0 aliphatic heterocycles. The topological polar surface area (TPSA) is 32.5 Å². The van der Waals surface area contributed by atoms with Crippen molar-refractivity contribution in [2.45, 2.75) is 52.0 Å². The third kappa shape index (κ3) is 4.44. The molecule has 0 aromatic carbocycles. The van der Waals surface area contributed by atoms with Crippen molar-refractivity contribution in [3.8, 4) is 0 Å². The lowest BCUT2D eigenvalue weighted by molar-refractivity contribution is 0.0350. The fourth-order valence-corrected chi connectivity index (χ4v) is 3.35. The van der Waals surface area contributed by atoms with Crippen molar-refractivity contribution in [2.75, 3.05) is 40.8 Å². The third-order valence-corrected chi connectivity index (χ3v) is 5.21. The van der Waals surface area contributed by atoms with Crippen molar-refractivity contribution in [2.24, 2.45) is 17.1 Å². The molecule has 0 amide bonds. The highest BCUT2D eigenvalue weighted by Crippen LogP contribution is 2.42. The number of nitrogens with zero attached hydrogens (tertiary/aromatic N) is 2. The summed E-state index contributed by atoms with van der Waals surface area (Å²) in [4.78, 5) is 4.77. The molecule has 1 aliphatic carbocycles. The Bertz CT molecular complexity index is 260. The zero-order valence-electron chi connectivity index (χ0n) is 14.0. The molecule has 1 fully saturated rings. The lowest BCUT2D eigenvalue weighted by Gasteiger charge is -2.48. The van der Waals surface area contributed by atoms with Gasteiger partial charge in [0.25, 0.3) is 0 Å². The number of likely N-dealkylation sites (N-methyl/N-ethyl adjacent to an activating group) is 2. The Morgan fingerprint density at radius 3 is 1.95 bits per heavy atom. The fourth-order valence-electron chi connectivity index (χ4n) is 3.35. The van der Waals surface area contributed by atoms with Gasteiger partial charge in [0.05, 0.1) is 0 Å². The SMILES string of the molecule is CN(C)CCN(C)C1(CN)CCC(C(C)(C)C)CC1. The van der Waals surface area contributed by atoms with E-state index in [1.54, 1.807) is 0 Å². The van der Waals surface area contributed by atoms with Gasteiger partial charge in [-0.15, -0.1) is 0 Å². The first kappa shape index (κ1) is 16.9. The Hall–Kier alpha value is -0.120. The molecule has 3 heteroatoms. The Labute approximate surface area is 120 Å². The molecule has 0 radical (unpaired) electrons. The summed E-state index contributed by atoms with van der Waals surface area (Å²) in [5.41, 5.74) is 6.84. The molecule has 0 spiro atoms. The van der Waals surface area contributed by atoms with Gasteiger partial charge in [-0.2, -0.15) is 0 Å². The van der Waals surface area contributed by atoms with E-state index in [-0.39, 0.29) is 5.54 Å². The summed E-state index contributed by atoms with van der Waals surface area (Å²) in [6.07, 6.45) is 5.17. The molecule has 0 heterocycles. The maximum Gasteiger partial charge on any atom is 0.0329 e. The lowest BCUT2D eigenvalue weighted by Crippen LogP contribution is -2.56. The minimum atomic E-state index is 0.248. The molecule has 19 heavy (non-hydrogen) atoms. The van der Waals surface area contributed by atoms with E-state index in [1.807, 2.05) is 0 Å². The highest BCUT2D eigenvalue weighted by atomic mass is 15.2. The van der Waals surface area contributed by atoms with Crippen molar-refractivity contribution < 1.29 is 0 Å². The number of nitrogens with two attached hydrogens (primary N) is 1. The van der Waals surface area contributed by atoms with Crippen molar-refractivity contribution in [1.29, 1.82) is 0 Å². The van der Waals surface area contributed by atoms with Crippen LogP contribution < -0.4 is 5.73 Å². The van der Waals surface area contributed by atoms with Crippen LogP contribution in [0.3, 0.4) is 0 Å². The van der Waals surface area contributed by atoms with Crippen LogP contribution in [0.2, 0.25) is 0 Å². The molecule has 1 rings (SSSR count). The number of hydrogen-bond acceptors (Lipinski definition) is 3. The van der Waals surface area contributed by atoms with Gasteiger partial charge in [-0.05, 0) is 58.2 Å². The second kappa shape index (κ2) is 6.55. The molecule has 0 unspecified atom stereocenters. The second-order valence-electron chi connectivity index (χ2n) is 7.79. The van der Waals surface area contributed by atoms with Crippen molar-refractivity contribution in [1.82, 2.24) is 9.80 Å². The first-order valence-corrected chi connectivity index (χ1v) is 7.77. The minimum Gasteiger partial charge on any atom is -0.329 e. The van der Waals surface area contributed by atoms with E-state index >= 15 is 0 Å². The summed E-state index contributed by atoms with van der Waals surface area (Å²) < 4.78 is 0. The van der Waals surface area contributed by atoms with Gasteiger partial charge in [0.1, 0.15) is 0 Å². The Morgan fingerprint density at radius 2 is 1.58 bits per heavy atom. The molecule has 0 bridgehead atoms. The molecule has 1 aliphatic rings. The number of rotatable bonds is 5. The normalized spacial score (nSPS) is 29.2. The predicted molar refractivity (Wildman–Crippen MR) is 84.4 cm³/mol. The molecule has 0 aromatic heterocycles. The number of hydrogen-bond donors (Lipinski definition) is 1. The minimum absolute atomic E-state index is 0.248. The predicted octanol–water partition coefficient (Wildman–Crippen LogP) is 2.41. The van der Waals surface area contributed by atoms with Gasteiger partial charge < -0.3 is 10.6 Å². The monoisotopic (exact) mass is 269 g/mol. The molecule has 1 saturated carbocycles. The average molecular weight is 269 g/mol. The van der Waals surface area contributed by atoms with Crippen LogP contribution in [0.4, 0.5) is 0 Å². The first-order chi connectivity index (χ1) is 8.71. The van der Waals surface area contributed by atoms with E-state index in [1.165, 1.54) is 25.7 Å². The lowest BCUT2D eigenvalue weighted by atomic mass is 9.67. The van der Waals surface area contributed by atoms with E-state index in [9.17, 15) is 0 Å². The van der Waals surface area contributed by atoms with Gasteiger partial charge in [0, 0.05) is 25.2 Å². The van der Waals surface area contributed by atoms with E-state index in [4.69, 9.17) is 5.73 Å². The van der Waals surface area contributed by atoms with E-state index < -0.39 is 0 Å². The maximum absolute atomic E-state index is 6.14. The van der Waals surface area contributed by atoms with Gasteiger partial charge in [-0.3, -0.25) is 4.90 Å². The first-order valence-electron chi connectivity index (χ1n) is 7.77. The van der Waals surface area contributed by atoms with Crippen LogP contribution in [0.15, 0.2) is 0 Å². The summed E-state index contributed by atoms with van der Waals surface area (Å²) in [6, 6.07) is 0. The molecular weight excluding hydrogens is 234 g/mol. The van der Waals surface area contributed by atoms with Gasteiger partial charge in [-0.25, -0.2) is 0 Å². The van der Waals surface area contributed by atoms with Crippen LogP contribution >= 0.6 is 0 Å². The quantitative estimate of drug-likeness (QED) is 0.832. The molecule has 0 atom stereocenters. The Morgan fingerprint density at radius 1 is 1.05 bits per heavy atom. The highest BCUT2D eigenvalue weighted by molar-refractivity contribution is 4.96. The van der Waals surface area contributed by atoms with E-state index in [0.717, 1.165) is 25.6 Å². The average Bonchev–Trinajstić information content (AvgIpc) is 2.34. The smallest absolute Gasteiger partial charge is 0.0329 e. The van der Waals surface area contributed by atoms with Gasteiger partial charge in [0.2, 0.25) is 0 Å². The van der Waals surface area contributed by atoms with Crippen molar-refractivity contribution >= 4 is 0 Å². The Balaban J connectivity index is 2.59. The summed E-state index contributed by atoms with van der Waals surface area (Å²) in [6.45, 7) is 10.2. The van der Waals surface area contributed by atoms with Crippen LogP contribution in [0.5, 0.6) is 0 Å². The zero-order valence-corrected chi connectivity index (χ0v) is 14.0. The van der Waals surface area contributed by atoms with Crippen LogP contribution in [0.1, 0.15) is 46.5 Å². The van der Waals surface area contributed by atoms with Crippen molar-refractivity contribution in [3.05, 3.63) is 0 Å². The molecule has 3 nitrogen and oxygen atoms in total. The summed E-state index contributed by atoms with van der Waals surface area (Å²) in [5.74, 6) is 0.856. The fraction of sp³-hybridized carbons (Fsp3) is 1.00. The standard InChI is InChI=1S/C16H35N3/c1-15(2,3)14-7-9-16(13-17,10-8-14)19(6)12-11-18(4)5/h14H,7-13,17H2,1-6H3. The van der Waals surface area contributed by atoms with Crippen LogP contribution in [0.25, 0.3) is 0 Å². The van der Waals surface area contributed by atoms with Gasteiger partial charge in [0.15, 0.2) is 0 Å². The van der Waals surface area contributed by atoms with E-state index in [2.05, 4.69) is 51.7 Å². The zero-order chi connectivity index (χ0) is 14.7. The largest absolute Gasteiger partial charge is 0.329 e. The second-order valence-corrected chi connectivity index (χ2v) is 7.79. The highest BCUT2D eigenvalue weighted by Gasteiger charge is 2.40. The molecule has 0 aromatic rings. The molecule has 0 saturated heterocycles. The summed E-state index contributed by atoms with van der Waals surface area (Å²) in [5, 5.41) is 0. The van der Waals surface area contributed by atoms with Crippen LogP contribution in [-0.2, 0) is 0 Å². The van der Waals surface area contributed by atoms with Crippen LogP contribution in [0, 0.1) is 11.3 Å². The van der Waals surface area contributed by atoms with Crippen LogP contribution in [-0.4, -0.2) is 56.1 Å². The Kier molecular flexibility index (Phi) is 5.84. The van der Waals surface area contributed by atoms with E-state index in [0.29, 0.717) is 5.41 Å². The third-order valence-electron chi connectivity index (χ3n) is 5.21. The molecule has 114 valence electrons. The summed E-state index contributed by atoms with van der Waals surface area (Å²) in [7, 11) is 6.53. The van der Waals surface area contributed by atoms with Crippen molar-refractivity contribution in [3.63, 3.8) is 0 Å². The molecule has 2 N–H and O–H groups in total. The molecular formula is C16H35N3.